The normalized spacial score (nSPS) is 12.2. The Morgan fingerprint density at radius 2 is 2.06 bits per heavy atom. The summed E-state index contributed by atoms with van der Waals surface area (Å²) in [6.45, 7) is 1.72. The van der Waals surface area contributed by atoms with Crippen molar-refractivity contribution in [2.45, 2.75) is 19.4 Å². The molecule has 0 aliphatic rings. The zero-order valence-electron chi connectivity index (χ0n) is 8.61. The summed E-state index contributed by atoms with van der Waals surface area (Å²) in [5.74, 6) is -1.44. The predicted octanol–water partition coefficient (Wildman–Crippen LogP) is 2.16. The van der Waals surface area contributed by atoms with Crippen LogP contribution < -0.4 is 0 Å². The number of carboxylic acid groups (broad SMARTS) is 1. The number of hydrogen-bond donors (Lipinski definition) is 2. The molecule has 0 amide bonds. The lowest BCUT2D eigenvalue weighted by atomic mass is 10.0. The number of carboxylic acids is 1. The molecule has 0 spiro atoms. The molecule has 0 saturated heterocycles. The molecule has 0 radical (unpaired) electrons. The fourth-order valence-electron chi connectivity index (χ4n) is 1.26. The third kappa shape index (κ3) is 2.68. The molecular weight excluding hydrogens is 276 g/mol. The molecule has 16 heavy (non-hydrogen) atoms. The van der Waals surface area contributed by atoms with E-state index in [0.29, 0.717) is 16.5 Å². The Bertz CT molecular complexity index is 428. The van der Waals surface area contributed by atoms with Gasteiger partial charge >= 0.3 is 5.97 Å². The van der Waals surface area contributed by atoms with Gasteiger partial charge in [0.05, 0.1) is 0 Å². The van der Waals surface area contributed by atoms with E-state index in [-0.39, 0.29) is 11.3 Å². The van der Waals surface area contributed by atoms with Gasteiger partial charge in [0.2, 0.25) is 0 Å². The smallest absolute Gasteiger partial charge is 0.337 e. The highest BCUT2D eigenvalue weighted by Crippen LogP contribution is 2.25. The molecule has 0 aliphatic carbocycles. The van der Waals surface area contributed by atoms with Crippen molar-refractivity contribution >= 4 is 27.7 Å². The van der Waals surface area contributed by atoms with Crippen molar-refractivity contribution in [1.29, 1.82) is 0 Å². The lowest BCUT2D eigenvalue weighted by molar-refractivity contribution is -0.147. The Labute approximate surface area is 101 Å². The summed E-state index contributed by atoms with van der Waals surface area (Å²) < 4.78 is 0.468. The maximum atomic E-state index is 11.4. The number of Topliss-reactive ketones (excluding diaryl/α,β-unsaturated/α-hetero) is 1. The summed E-state index contributed by atoms with van der Waals surface area (Å²) >= 11 is 3.14. The van der Waals surface area contributed by atoms with E-state index in [1.165, 1.54) is 6.07 Å². The first-order valence-electron chi connectivity index (χ1n) is 4.71. The van der Waals surface area contributed by atoms with Gasteiger partial charge in [-0.15, -0.1) is 0 Å². The van der Waals surface area contributed by atoms with E-state index >= 15 is 0 Å². The SMILES string of the molecule is CCC(=O)c1ccc(Br)c(C(O)C(=O)O)c1. The molecule has 1 aromatic rings. The molecule has 1 atom stereocenters. The zero-order chi connectivity index (χ0) is 12.3. The Morgan fingerprint density at radius 3 is 2.56 bits per heavy atom. The van der Waals surface area contributed by atoms with Crippen LogP contribution in [0.25, 0.3) is 0 Å². The van der Waals surface area contributed by atoms with Crippen LogP contribution in [0.1, 0.15) is 35.4 Å². The number of hydrogen-bond acceptors (Lipinski definition) is 3. The summed E-state index contributed by atoms with van der Waals surface area (Å²) in [7, 11) is 0. The van der Waals surface area contributed by atoms with Crippen LogP contribution in [0, 0.1) is 0 Å². The molecule has 5 heteroatoms. The first kappa shape index (κ1) is 12.9. The number of carbonyl (C=O) groups is 2. The molecule has 1 unspecified atom stereocenters. The highest BCUT2D eigenvalue weighted by molar-refractivity contribution is 9.10. The maximum Gasteiger partial charge on any atom is 0.337 e. The minimum absolute atomic E-state index is 0.0914. The van der Waals surface area contributed by atoms with Crippen LogP contribution in [0.4, 0.5) is 0 Å². The Hall–Kier alpha value is -1.20. The highest BCUT2D eigenvalue weighted by atomic mass is 79.9. The van der Waals surface area contributed by atoms with E-state index in [1.807, 2.05) is 0 Å². The quantitative estimate of drug-likeness (QED) is 0.832. The van der Waals surface area contributed by atoms with E-state index in [0.717, 1.165) is 0 Å². The lowest BCUT2D eigenvalue weighted by Crippen LogP contribution is -2.12. The van der Waals surface area contributed by atoms with Crippen LogP contribution in [-0.4, -0.2) is 22.0 Å². The summed E-state index contributed by atoms with van der Waals surface area (Å²) in [5, 5.41) is 18.1. The molecular formula is C11H11BrO4. The molecule has 1 aromatic carbocycles. The van der Waals surface area contributed by atoms with E-state index in [1.54, 1.807) is 19.1 Å². The van der Waals surface area contributed by atoms with Gasteiger partial charge in [0, 0.05) is 22.0 Å². The molecule has 4 nitrogen and oxygen atoms in total. The van der Waals surface area contributed by atoms with Crippen LogP contribution in [-0.2, 0) is 4.79 Å². The number of carbonyl (C=O) groups excluding carboxylic acids is 1. The fraction of sp³-hybridized carbons (Fsp3) is 0.273. The second-order valence-corrected chi connectivity index (χ2v) is 4.11. The lowest BCUT2D eigenvalue weighted by Gasteiger charge is -2.09. The topological polar surface area (TPSA) is 74.6 Å². The number of aliphatic hydroxyl groups is 1. The van der Waals surface area contributed by atoms with Gasteiger partial charge in [-0.1, -0.05) is 28.9 Å². The molecule has 0 saturated carbocycles. The number of ketones is 1. The average Bonchev–Trinajstić information content (AvgIpc) is 2.27. The van der Waals surface area contributed by atoms with Crippen molar-refractivity contribution in [2.24, 2.45) is 0 Å². The number of halogens is 1. The Kier molecular flexibility index (Phi) is 4.20. The molecule has 86 valence electrons. The highest BCUT2D eigenvalue weighted by Gasteiger charge is 2.20. The summed E-state index contributed by atoms with van der Waals surface area (Å²) in [5.41, 5.74) is 0.591. The maximum absolute atomic E-state index is 11.4. The minimum atomic E-state index is -1.63. The van der Waals surface area contributed by atoms with Crippen LogP contribution >= 0.6 is 15.9 Å². The van der Waals surface area contributed by atoms with Gasteiger partial charge < -0.3 is 10.2 Å². The molecule has 0 aliphatic heterocycles. The first-order chi connectivity index (χ1) is 7.47. The van der Waals surface area contributed by atoms with Crippen LogP contribution in [0.5, 0.6) is 0 Å². The van der Waals surface area contributed by atoms with Crippen LogP contribution in [0.3, 0.4) is 0 Å². The first-order valence-corrected chi connectivity index (χ1v) is 5.50. The van der Waals surface area contributed by atoms with Crippen LogP contribution in [0.2, 0.25) is 0 Å². The summed E-state index contributed by atoms with van der Waals surface area (Å²) in [6, 6.07) is 4.55. The van der Waals surface area contributed by atoms with E-state index in [9.17, 15) is 14.7 Å². The van der Waals surface area contributed by atoms with Crippen molar-refractivity contribution in [3.63, 3.8) is 0 Å². The van der Waals surface area contributed by atoms with E-state index in [4.69, 9.17) is 5.11 Å². The standard InChI is InChI=1S/C11H11BrO4/c1-2-9(13)6-3-4-8(12)7(5-6)10(14)11(15)16/h3-5,10,14H,2H2,1H3,(H,15,16). The number of rotatable bonds is 4. The molecule has 0 fully saturated rings. The second kappa shape index (κ2) is 5.23. The summed E-state index contributed by atoms with van der Waals surface area (Å²) in [4.78, 5) is 22.1. The Balaban J connectivity index is 3.18. The molecule has 0 bridgehead atoms. The number of aliphatic carboxylic acids is 1. The van der Waals surface area contributed by atoms with Gasteiger partial charge in [0.1, 0.15) is 0 Å². The largest absolute Gasteiger partial charge is 0.479 e. The van der Waals surface area contributed by atoms with Crippen molar-refractivity contribution in [3.05, 3.63) is 33.8 Å². The molecule has 2 N–H and O–H groups in total. The van der Waals surface area contributed by atoms with Gasteiger partial charge in [0.25, 0.3) is 0 Å². The van der Waals surface area contributed by atoms with E-state index in [2.05, 4.69) is 15.9 Å². The van der Waals surface area contributed by atoms with Crippen molar-refractivity contribution < 1.29 is 19.8 Å². The van der Waals surface area contributed by atoms with E-state index < -0.39 is 12.1 Å². The van der Waals surface area contributed by atoms with Crippen molar-refractivity contribution in [3.8, 4) is 0 Å². The number of aliphatic hydroxyl groups excluding tert-OH is 1. The predicted molar refractivity (Wildman–Crippen MR) is 61.4 cm³/mol. The third-order valence-corrected chi connectivity index (χ3v) is 2.89. The fourth-order valence-corrected chi connectivity index (χ4v) is 1.73. The summed E-state index contributed by atoms with van der Waals surface area (Å²) in [6.07, 6.45) is -1.29. The van der Waals surface area contributed by atoms with Crippen LogP contribution in [0.15, 0.2) is 22.7 Å². The monoisotopic (exact) mass is 286 g/mol. The average molecular weight is 287 g/mol. The third-order valence-electron chi connectivity index (χ3n) is 2.17. The van der Waals surface area contributed by atoms with Crippen molar-refractivity contribution in [2.75, 3.05) is 0 Å². The molecule has 1 rings (SSSR count). The minimum Gasteiger partial charge on any atom is -0.479 e. The number of benzene rings is 1. The van der Waals surface area contributed by atoms with Gasteiger partial charge in [-0.05, 0) is 12.1 Å². The second-order valence-electron chi connectivity index (χ2n) is 3.25. The zero-order valence-corrected chi connectivity index (χ0v) is 10.2. The molecule has 0 heterocycles. The molecule has 0 aromatic heterocycles. The van der Waals surface area contributed by atoms with Gasteiger partial charge in [0.15, 0.2) is 11.9 Å². The van der Waals surface area contributed by atoms with Gasteiger partial charge in [-0.25, -0.2) is 4.79 Å². The van der Waals surface area contributed by atoms with Gasteiger partial charge in [-0.2, -0.15) is 0 Å². The Morgan fingerprint density at radius 1 is 1.44 bits per heavy atom. The van der Waals surface area contributed by atoms with Crippen molar-refractivity contribution in [1.82, 2.24) is 0 Å². The van der Waals surface area contributed by atoms with Gasteiger partial charge in [-0.3, -0.25) is 4.79 Å².